The summed E-state index contributed by atoms with van der Waals surface area (Å²) in [5.41, 5.74) is -0.0126. The number of fused-ring (bicyclic) bond motifs is 1. The van der Waals surface area contributed by atoms with Crippen LogP contribution in [0.25, 0.3) is 11.0 Å². The van der Waals surface area contributed by atoms with E-state index in [1.807, 2.05) is 17.5 Å². The first-order valence-electron chi connectivity index (χ1n) is 7.13. The van der Waals surface area contributed by atoms with Crippen molar-refractivity contribution < 1.29 is 9.59 Å². The molecule has 11 heteroatoms. The topological polar surface area (TPSA) is 111 Å². The number of hydrogen-bond donors (Lipinski definition) is 2. The van der Waals surface area contributed by atoms with E-state index >= 15 is 0 Å². The molecule has 0 bridgehead atoms. The van der Waals surface area contributed by atoms with Crippen LogP contribution in [0.2, 0.25) is 0 Å². The van der Waals surface area contributed by atoms with Crippen LogP contribution in [0, 0.1) is 0 Å². The van der Waals surface area contributed by atoms with Crippen molar-refractivity contribution in [1.29, 1.82) is 0 Å². The zero-order valence-corrected chi connectivity index (χ0v) is 15.4. The number of halogens is 1. The molecule has 0 aliphatic heterocycles. The number of thiophene rings is 1. The van der Waals surface area contributed by atoms with Crippen LogP contribution in [0.4, 0.5) is 4.79 Å². The minimum absolute atomic E-state index is 0.278. The Labute approximate surface area is 153 Å². The average molecular weight is 425 g/mol. The zero-order valence-electron chi connectivity index (χ0n) is 13.0. The number of urea groups is 1. The molecule has 3 aromatic heterocycles. The first-order valence-corrected chi connectivity index (χ1v) is 8.80. The number of hydrogen-bond acceptors (Lipinski definition) is 6. The Kier molecular flexibility index (Phi) is 4.95. The van der Waals surface area contributed by atoms with E-state index in [1.54, 1.807) is 7.05 Å². The molecule has 3 amide bonds. The van der Waals surface area contributed by atoms with Gasteiger partial charge in [-0.05, 0) is 27.4 Å². The van der Waals surface area contributed by atoms with Gasteiger partial charge in [-0.1, -0.05) is 6.07 Å². The number of aromatic nitrogens is 4. The third kappa shape index (κ3) is 3.77. The highest BCUT2D eigenvalue weighted by Crippen LogP contribution is 2.16. The fraction of sp³-hybridized carbons (Fsp3) is 0.214. The monoisotopic (exact) mass is 424 g/mol. The second-order valence-corrected chi connectivity index (χ2v) is 6.88. The van der Waals surface area contributed by atoms with Crippen LogP contribution in [0.15, 0.2) is 33.2 Å². The number of carbonyl (C=O) groups excluding carboxylic acids is 2. The molecule has 9 nitrogen and oxygen atoms in total. The van der Waals surface area contributed by atoms with Gasteiger partial charge < -0.3 is 5.32 Å². The maximum Gasteiger partial charge on any atom is 0.321 e. The van der Waals surface area contributed by atoms with Crippen molar-refractivity contribution in [1.82, 2.24) is 30.0 Å². The minimum Gasteiger partial charge on any atom is -0.333 e. The van der Waals surface area contributed by atoms with Crippen LogP contribution in [0.5, 0.6) is 0 Å². The van der Waals surface area contributed by atoms with E-state index in [9.17, 15) is 14.4 Å². The summed E-state index contributed by atoms with van der Waals surface area (Å²) in [5.74, 6) is -0.619. The fourth-order valence-corrected chi connectivity index (χ4v) is 3.42. The number of carbonyl (C=O) groups is 2. The van der Waals surface area contributed by atoms with Crippen molar-refractivity contribution in [3.63, 3.8) is 0 Å². The van der Waals surface area contributed by atoms with Gasteiger partial charge in [0.25, 0.3) is 5.56 Å². The maximum atomic E-state index is 12.4. The molecule has 0 aromatic carbocycles. The van der Waals surface area contributed by atoms with Crippen LogP contribution >= 0.6 is 27.3 Å². The number of imide groups is 1. The molecule has 3 heterocycles. The van der Waals surface area contributed by atoms with Gasteiger partial charge in [-0.15, -0.1) is 11.3 Å². The van der Waals surface area contributed by atoms with Crippen molar-refractivity contribution in [2.75, 3.05) is 0 Å². The van der Waals surface area contributed by atoms with Crippen molar-refractivity contribution >= 4 is 50.2 Å². The van der Waals surface area contributed by atoms with Gasteiger partial charge in [-0.3, -0.25) is 19.5 Å². The lowest BCUT2D eigenvalue weighted by Gasteiger charge is -2.07. The molecule has 3 aromatic rings. The quantitative estimate of drug-likeness (QED) is 0.648. The first-order chi connectivity index (χ1) is 12.0. The van der Waals surface area contributed by atoms with Crippen LogP contribution in [-0.4, -0.2) is 31.3 Å². The van der Waals surface area contributed by atoms with Crippen molar-refractivity contribution in [2.24, 2.45) is 7.05 Å². The molecule has 0 aliphatic carbocycles. The number of amides is 3. The lowest BCUT2D eigenvalue weighted by molar-refractivity contribution is -0.120. The molecule has 3 rings (SSSR count). The third-order valence-electron chi connectivity index (χ3n) is 3.34. The molecule has 0 aliphatic rings. The predicted octanol–water partition coefficient (Wildman–Crippen LogP) is 0.980. The number of nitrogens with one attached hydrogen (secondary N) is 2. The molecular weight excluding hydrogens is 412 g/mol. The molecule has 0 radical (unpaired) electrons. The number of nitrogens with zero attached hydrogens (tertiary/aromatic N) is 4. The summed E-state index contributed by atoms with van der Waals surface area (Å²) in [6.07, 6.45) is 1.25. The second-order valence-electron chi connectivity index (χ2n) is 5.10. The maximum absolute atomic E-state index is 12.4. The standard InChI is InChI=1S/C14H13BrN6O3S/c1-20-12-10(11(15)19-20)13(23)21(7-17-12)6-9(22)18-14(24)16-5-8-3-2-4-25-8/h2-4,7H,5-6H2,1H3,(H2,16,18,22,24). The summed E-state index contributed by atoms with van der Waals surface area (Å²) in [7, 11) is 1.66. The zero-order chi connectivity index (χ0) is 18.0. The van der Waals surface area contributed by atoms with Gasteiger partial charge in [0, 0.05) is 11.9 Å². The van der Waals surface area contributed by atoms with Crippen LogP contribution in [0.1, 0.15) is 4.88 Å². The van der Waals surface area contributed by atoms with Gasteiger partial charge in [-0.2, -0.15) is 5.10 Å². The Bertz CT molecular complexity index is 994. The fourth-order valence-electron chi connectivity index (χ4n) is 2.19. The van der Waals surface area contributed by atoms with E-state index in [2.05, 4.69) is 36.6 Å². The van der Waals surface area contributed by atoms with E-state index in [0.29, 0.717) is 16.8 Å². The van der Waals surface area contributed by atoms with Gasteiger partial charge in [-0.25, -0.2) is 14.5 Å². The molecule has 130 valence electrons. The summed E-state index contributed by atoms with van der Waals surface area (Å²) < 4.78 is 2.94. The van der Waals surface area contributed by atoms with Crippen LogP contribution < -0.4 is 16.2 Å². The van der Waals surface area contributed by atoms with E-state index in [-0.39, 0.29) is 11.9 Å². The Morgan fingerprint density at radius 2 is 2.20 bits per heavy atom. The molecular formula is C14H13BrN6O3S. The summed E-state index contributed by atoms with van der Waals surface area (Å²) in [6, 6.07) is 3.12. The van der Waals surface area contributed by atoms with Gasteiger partial charge in [0.1, 0.15) is 22.9 Å². The predicted molar refractivity (Wildman–Crippen MR) is 95.2 cm³/mol. The second kappa shape index (κ2) is 7.15. The summed E-state index contributed by atoms with van der Waals surface area (Å²) >= 11 is 4.70. The average Bonchev–Trinajstić information content (AvgIpc) is 3.16. The molecule has 0 unspecified atom stereocenters. The molecule has 2 N–H and O–H groups in total. The Morgan fingerprint density at radius 3 is 2.92 bits per heavy atom. The number of rotatable bonds is 4. The van der Waals surface area contributed by atoms with E-state index < -0.39 is 17.5 Å². The van der Waals surface area contributed by atoms with Gasteiger partial charge in [0.15, 0.2) is 5.65 Å². The third-order valence-corrected chi connectivity index (χ3v) is 4.77. The van der Waals surface area contributed by atoms with Crippen LogP contribution in [-0.2, 0) is 24.9 Å². The molecule has 25 heavy (non-hydrogen) atoms. The minimum atomic E-state index is -0.622. The molecule has 0 spiro atoms. The highest BCUT2D eigenvalue weighted by molar-refractivity contribution is 9.10. The molecule has 0 fully saturated rings. The van der Waals surface area contributed by atoms with Gasteiger partial charge >= 0.3 is 6.03 Å². The normalized spacial score (nSPS) is 10.8. The SMILES string of the molecule is Cn1nc(Br)c2c(=O)n(CC(=O)NC(=O)NCc3cccs3)cnc21. The van der Waals surface area contributed by atoms with Gasteiger partial charge in [0.2, 0.25) is 5.91 Å². The van der Waals surface area contributed by atoms with Gasteiger partial charge in [0.05, 0.1) is 6.54 Å². The largest absolute Gasteiger partial charge is 0.333 e. The smallest absolute Gasteiger partial charge is 0.321 e. The summed E-state index contributed by atoms with van der Waals surface area (Å²) in [6.45, 7) is 0.00239. The number of aryl methyl sites for hydroxylation is 1. The molecule has 0 saturated heterocycles. The van der Waals surface area contributed by atoms with E-state index in [0.717, 1.165) is 9.44 Å². The van der Waals surface area contributed by atoms with Crippen molar-refractivity contribution in [2.45, 2.75) is 13.1 Å². The van der Waals surface area contributed by atoms with E-state index in [1.165, 1.54) is 22.3 Å². The van der Waals surface area contributed by atoms with Crippen LogP contribution in [0.3, 0.4) is 0 Å². The summed E-state index contributed by atoms with van der Waals surface area (Å²) in [5, 5.41) is 11.0. The first kappa shape index (κ1) is 17.3. The Balaban J connectivity index is 1.65. The van der Waals surface area contributed by atoms with Crippen molar-refractivity contribution in [3.05, 3.63) is 43.7 Å². The van der Waals surface area contributed by atoms with Crippen molar-refractivity contribution in [3.8, 4) is 0 Å². The lowest BCUT2D eigenvalue weighted by Crippen LogP contribution is -2.41. The highest BCUT2D eigenvalue weighted by atomic mass is 79.9. The van der Waals surface area contributed by atoms with E-state index in [4.69, 9.17) is 0 Å². The molecule has 0 atom stereocenters. The highest BCUT2D eigenvalue weighted by Gasteiger charge is 2.15. The summed E-state index contributed by atoms with van der Waals surface area (Å²) in [4.78, 5) is 41.2. The lowest BCUT2D eigenvalue weighted by atomic mass is 10.4. The Morgan fingerprint density at radius 1 is 1.40 bits per heavy atom. The Hall–Kier alpha value is -2.53. The molecule has 0 saturated carbocycles.